The predicted molar refractivity (Wildman–Crippen MR) is 81.5 cm³/mol. The zero-order valence-electron chi connectivity index (χ0n) is 12.3. The van der Waals surface area contributed by atoms with Gasteiger partial charge in [-0.2, -0.15) is 0 Å². The highest BCUT2D eigenvalue weighted by Crippen LogP contribution is 2.24. The van der Waals surface area contributed by atoms with Crippen molar-refractivity contribution in [2.24, 2.45) is 0 Å². The molecule has 0 atom stereocenters. The molecular formula is C16H21N3O2. The van der Waals surface area contributed by atoms with Crippen LogP contribution in [0, 0.1) is 0 Å². The van der Waals surface area contributed by atoms with Gasteiger partial charge in [0.25, 0.3) is 5.91 Å². The zero-order chi connectivity index (χ0) is 14.8. The molecule has 112 valence electrons. The van der Waals surface area contributed by atoms with Gasteiger partial charge >= 0.3 is 6.03 Å². The molecule has 2 fully saturated rings. The second kappa shape index (κ2) is 5.76. The standard InChI is InChI=1S/C16H21N3O2/c1-18(13-4-2-3-5-13)15(20)12-6-8-14(9-7-12)19-11-10-17-16(19)21/h6-9,13H,2-5,10-11H2,1H3,(H,17,21). The van der Waals surface area contributed by atoms with E-state index in [-0.39, 0.29) is 11.9 Å². The number of benzene rings is 1. The summed E-state index contributed by atoms with van der Waals surface area (Å²) in [5, 5.41) is 2.77. The first kappa shape index (κ1) is 13.9. The predicted octanol–water partition coefficient (Wildman–Crippen LogP) is 2.23. The van der Waals surface area contributed by atoms with Gasteiger partial charge in [-0.15, -0.1) is 0 Å². The molecule has 0 aromatic heterocycles. The van der Waals surface area contributed by atoms with Gasteiger partial charge in [-0.05, 0) is 37.1 Å². The molecule has 0 spiro atoms. The summed E-state index contributed by atoms with van der Waals surface area (Å²) >= 11 is 0. The minimum absolute atomic E-state index is 0.0688. The van der Waals surface area contributed by atoms with Gasteiger partial charge in [0.15, 0.2) is 0 Å². The molecule has 2 aliphatic rings. The number of hydrogen-bond donors (Lipinski definition) is 1. The lowest BCUT2D eigenvalue weighted by molar-refractivity contribution is 0.0735. The normalized spacial score (nSPS) is 18.9. The zero-order valence-corrected chi connectivity index (χ0v) is 12.3. The van der Waals surface area contributed by atoms with Crippen molar-refractivity contribution >= 4 is 17.6 Å². The molecule has 1 saturated heterocycles. The van der Waals surface area contributed by atoms with Crippen molar-refractivity contribution in [3.05, 3.63) is 29.8 Å². The van der Waals surface area contributed by atoms with Crippen molar-refractivity contribution < 1.29 is 9.59 Å². The van der Waals surface area contributed by atoms with Gasteiger partial charge in [0.1, 0.15) is 0 Å². The Morgan fingerprint density at radius 1 is 1.24 bits per heavy atom. The lowest BCUT2D eigenvalue weighted by atomic mass is 10.1. The smallest absolute Gasteiger partial charge is 0.321 e. The molecule has 1 aromatic rings. The van der Waals surface area contributed by atoms with Crippen molar-refractivity contribution in [1.29, 1.82) is 0 Å². The summed E-state index contributed by atoms with van der Waals surface area (Å²) in [6.45, 7) is 1.35. The van der Waals surface area contributed by atoms with Crippen molar-refractivity contribution in [1.82, 2.24) is 10.2 Å². The summed E-state index contributed by atoms with van der Waals surface area (Å²) < 4.78 is 0. The summed E-state index contributed by atoms with van der Waals surface area (Å²) in [5.74, 6) is 0.0688. The first-order valence-corrected chi connectivity index (χ1v) is 7.59. The molecule has 21 heavy (non-hydrogen) atoms. The van der Waals surface area contributed by atoms with E-state index in [0.29, 0.717) is 24.7 Å². The minimum atomic E-state index is -0.0721. The lowest BCUT2D eigenvalue weighted by Gasteiger charge is -2.24. The Hall–Kier alpha value is -2.04. The van der Waals surface area contributed by atoms with Crippen LogP contribution in [0.2, 0.25) is 0 Å². The summed E-state index contributed by atoms with van der Waals surface area (Å²) in [4.78, 5) is 27.6. The molecule has 5 heteroatoms. The maximum absolute atomic E-state index is 12.5. The van der Waals surface area contributed by atoms with E-state index in [1.165, 1.54) is 12.8 Å². The molecule has 1 aliphatic carbocycles. The van der Waals surface area contributed by atoms with Crippen LogP contribution in [0.25, 0.3) is 0 Å². The number of urea groups is 1. The van der Waals surface area contributed by atoms with Crippen molar-refractivity contribution in [3.8, 4) is 0 Å². The Bertz CT molecular complexity index is 535. The Labute approximate surface area is 124 Å². The van der Waals surface area contributed by atoms with Crippen LogP contribution in [0.15, 0.2) is 24.3 Å². The van der Waals surface area contributed by atoms with E-state index < -0.39 is 0 Å². The quantitative estimate of drug-likeness (QED) is 0.927. The fraction of sp³-hybridized carbons (Fsp3) is 0.500. The Morgan fingerprint density at radius 2 is 1.90 bits per heavy atom. The average molecular weight is 287 g/mol. The van der Waals surface area contributed by atoms with Crippen molar-refractivity contribution in [2.45, 2.75) is 31.7 Å². The third kappa shape index (κ3) is 2.73. The molecule has 1 aliphatic heterocycles. The van der Waals surface area contributed by atoms with E-state index in [1.807, 2.05) is 36.2 Å². The van der Waals surface area contributed by atoms with E-state index in [0.717, 1.165) is 18.5 Å². The third-order valence-electron chi connectivity index (χ3n) is 4.48. The van der Waals surface area contributed by atoms with Crippen LogP contribution in [0.4, 0.5) is 10.5 Å². The number of amides is 3. The number of hydrogen-bond acceptors (Lipinski definition) is 2. The molecule has 0 unspecified atom stereocenters. The Kier molecular flexibility index (Phi) is 3.82. The molecule has 5 nitrogen and oxygen atoms in total. The number of nitrogens with zero attached hydrogens (tertiary/aromatic N) is 2. The number of nitrogens with one attached hydrogen (secondary N) is 1. The minimum Gasteiger partial charge on any atom is -0.339 e. The molecule has 1 aromatic carbocycles. The van der Waals surface area contributed by atoms with Gasteiger partial charge in [-0.1, -0.05) is 12.8 Å². The lowest BCUT2D eigenvalue weighted by Crippen LogP contribution is -2.35. The van der Waals surface area contributed by atoms with E-state index in [2.05, 4.69) is 5.32 Å². The highest BCUT2D eigenvalue weighted by Gasteiger charge is 2.25. The van der Waals surface area contributed by atoms with E-state index in [4.69, 9.17) is 0 Å². The molecular weight excluding hydrogens is 266 g/mol. The second-order valence-corrected chi connectivity index (χ2v) is 5.78. The SMILES string of the molecule is CN(C(=O)c1ccc(N2CCNC2=O)cc1)C1CCCC1. The summed E-state index contributed by atoms with van der Waals surface area (Å²) in [6.07, 6.45) is 4.64. The largest absolute Gasteiger partial charge is 0.339 e. The van der Waals surface area contributed by atoms with Gasteiger partial charge in [0, 0.05) is 37.4 Å². The summed E-state index contributed by atoms with van der Waals surface area (Å²) in [5.41, 5.74) is 1.53. The molecule has 0 bridgehead atoms. The number of anilines is 1. The Balaban J connectivity index is 1.71. The average Bonchev–Trinajstić information content (AvgIpc) is 3.17. The van der Waals surface area contributed by atoms with Crippen LogP contribution < -0.4 is 10.2 Å². The van der Waals surface area contributed by atoms with Gasteiger partial charge in [-0.3, -0.25) is 9.69 Å². The molecule has 0 radical (unpaired) electrons. The monoisotopic (exact) mass is 287 g/mol. The Morgan fingerprint density at radius 3 is 2.48 bits per heavy atom. The van der Waals surface area contributed by atoms with E-state index in [9.17, 15) is 9.59 Å². The molecule has 3 amide bonds. The highest BCUT2D eigenvalue weighted by atomic mass is 16.2. The first-order chi connectivity index (χ1) is 10.2. The maximum atomic E-state index is 12.5. The van der Waals surface area contributed by atoms with Crippen LogP contribution in [0.5, 0.6) is 0 Å². The van der Waals surface area contributed by atoms with E-state index >= 15 is 0 Å². The van der Waals surface area contributed by atoms with Crippen LogP contribution in [0.1, 0.15) is 36.0 Å². The fourth-order valence-electron chi connectivity index (χ4n) is 3.16. The number of carbonyl (C=O) groups is 2. The highest BCUT2D eigenvalue weighted by molar-refractivity contribution is 5.97. The van der Waals surface area contributed by atoms with Crippen molar-refractivity contribution in [3.63, 3.8) is 0 Å². The molecule has 3 rings (SSSR count). The number of carbonyl (C=O) groups excluding carboxylic acids is 2. The van der Waals surface area contributed by atoms with Gasteiger partial charge < -0.3 is 10.2 Å². The van der Waals surface area contributed by atoms with Crippen LogP contribution in [0.3, 0.4) is 0 Å². The van der Waals surface area contributed by atoms with E-state index in [1.54, 1.807) is 4.90 Å². The fourth-order valence-corrected chi connectivity index (χ4v) is 3.16. The van der Waals surface area contributed by atoms with Crippen LogP contribution in [-0.2, 0) is 0 Å². The summed E-state index contributed by atoms with van der Waals surface area (Å²) in [7, 11) is 1.89. The first-order valence-electron chi connectivity index (χ1n) is 7.59. The molecule has 1 heterocycles. The van der Waals surface area contributed by atoms with Crippen molar-refractivity contribution in [2.75, 3.05) is 25.0 Å². The number of rotatable bonds is 3. The third-order valence-corrected chi connectivity index (χ3v) is 4.48. The van der Waals surface area contributed by atoms with Crippen LogP contribution >= 0.6 is 0 Å². The second-order valence-electron chi connectivity index (χ2n) is 5.78. The maximum Gasteiger partial charge on any atom is 0.321 e. The molecule has 1 saturated carbocycles. The molecule has 1 N–H and O–H groups in total. The van der Waals surface area contributed by atoms with Crippen LogP contribution in [-0.4, -0.2) is 43.0 Å². The van der Waals surface area contributed by atoms with Gasteiger partial charge in [0.2, 0.25) is 0 Å². The summed E-state index contributed by atoms with van der Waals surface area (Å²) in [6, 6.07) is 7.63. The topological polar surface area (TPSA) is 52.7 Å². The van der Waals surface area contributed by atoms with Gasteiger partial charge in [0.05, 0.1) is 0 Å². The van der Waals surface area contributed by atoms with Gasteiger partial charge in [-0.25, -0.2) is 4.79 Å².